The predicted molar refractivity (Wildman–Crippen MR) is 142 cm³/mol. The van der Waals surface area contributed by atoms with Gasteiger partial charge in [-0.05, 0) is 60.7 Å². The maximum absolute atomic E-state index is 3.40. The Bertz CT molecular complexity index is 1370. The largest absolute Gasteiger partial charge is 0.348 e. The van der Waals surface area contributed by atoms with Crippen LogP contribution in [0, 0.1) is 0 Å². The highest BCUT2D eigenvalue weighted by Crippen LogP contribution is 2.44. The van der Waals surface area contributed by atoms with Gasteiger partial charge in [-0.15, -0.1) is 0 Å². The summed E-state index contributed by atoms with van der Waals surface area (Å²) in [7, 11) is 0. The number of H-pyrrole nitrogens is 2. The zero-order valence-corrected chi connectivity index (χ0v) is 18.6. The third kappa shape index (κ3) is 3.51. The predicted octanol–water partition coefficient (Wildman–Crippen LogP) is 8.44. The van der Waals surface area contributed by atoms with Crippen molar-refractivity contribution in [1.29, 1.82) is 0 Å². The van der Waals surface area contributed by atoms with Crippen molar-refractivity contribution in [3.8, 4) is 0 Å². The van der Waals surface area contributed by atoms with Crippen LogP contribution in [-0.4, -0.2) is 9.97 Å². The molecule has 4 aromatic carbocycles. The second kappa shape index (κ2) is 8.68. The fraction of sp³-hybridized carbons (Fsp3) is 0. The average Bonchev–Trinajstić information content (AvgIpc) is 3.62. The lowest BCUT2D eigenvalue weighted by molar-refractivity contribution is 1.21. The van der Waals surface area contributed by atoms with E-state index in [0.717, 1.165) is 34.4 Å². The van der Waals surface area contributed by atoms with Gasteiger partial charge >= 0.3 is 0 Å². The van der Waals surface area contributed by atoms with Gasteiger partial charge in [-0.1, -0.05) is 60.7 Å². The molecule has 2 N–H and O–H groups in total. The van der Waals surface area contributed by atoms with Gasteiger partial charge in [0.05, 0.1) is 11.4 Å². The molecule has 0 saturated carbocycles. The number of hydrogen-bond donors (Lipinski definition) is 2. The quantitative estimate of drug-likeness (QED) is 0.273. The fourth-order valence-corrected chi connectivity index (χ4v) is 4.55. The van der Waals surface area contributed by atoms with Crippen LogP contribution in [0.25, 0.3) is 10.8 Å². The number of hydrogen-bond acceptors (Lipinski definition) is 2. The summed E-state index contributed by atoms with van der Waals surface area (Å²) in [6.45, 7) is 0. The summed E-state index contributed by atoms with van der Waals surface area (Å²) in [5.74, 6) is 2.04. The number of aromatic nitrogens is 2. The molecule has 164 valence electrons. The van der Waals surface area contributed by atoms with Gasteiger partial charge < -0.3 is 9.97 Å². The van der Waals surface area contributed by atoms with Crippen LogP contribution in [0.15, 0.2) is 134 Å². The minimum atomic E-state index is 1.02. The molecule has 34 heavy (non-hydrogen) atoms. The lowest BCUT2D eigenvalue weighted by atomic mass is 10.0. The van der Waals surface area contributed by atoms with Crippen molar-refractivity contribution in [1.82, 2.24) is 9.97 Å². The molecule has 2 aromatic heterocycles. The number of nitrogens with zero attached hydrogens (tertiary/aromatic N) is 2. The first-order valence-corrected chi connectivity index (χ1v) is 11.4. The number of anilines is 6. The smallest absolute Gasteiger partial charge is 0.115 e. The summed E-state index contributed by atoms with van der Waals surface area (Å²) in [5, 5.41) is 2.34. The molecule has 4 heteroatoms. The topological polar surface area (TPSA) is 38.1 Å². The SMILES string of the molecule is c1ccc(N(c2ccc[nH]2)c2ccc(N(c3ccccc3)c3ccc[nH]3)c3ccccc23)cc1. The molecule has 0 amide bonds. The molecule has 2 heterocycles. The summed E-state index contributed by atoms with van der Waals surface area (Å²) in [5.41, 5.74) is 4.44. The number of benzene rings is 4. The Morgan fingerprint density at radius 1 is 0.382 bits per heavy atom. The van der Waals surface area contributed by atoms with E-state index in [1.807, 2.05) is 36.7 Å². The van der Waals surface area contributed by atoms with Crippen molar-refractivity contribution < 1.29 is 0 Å². The van der Waals surface area contributed by atoms with E-state index in [-0.39, 0.29) is 0 Å². The van der Waals surface area contributed by atoms with Crippen LogP contribution in [0.2, 0.25) is 0 Å². The van der Waals surface area contributed by atoms with Crippen molar-refractivity contribution in [2.45, 2.75) is 0 Å². The van der Waals surface area contributed by atoms with Crippen LogP contribution in [0.1, 0.15) is 0 Å². The fourth-order valence-electron chi connectivity index (χ4n) is 4.55. The van der Waals surface area contributed by atoms with Gasteiger partial charge in [0.15, 0.2) is 0 Å². The van der Waals surface area contributed by atoms with Gasteiger partial charge in [-0.2, -0.15) is 0 Å². The summed E-state index contributed by atoms with van der Waals surface area (Å²) < 4.78 is 0. The monoisotopic (exact) mass is 440 g/mol. The highest BCUT2D eigenvalue weighted by molar-refractivity contribution is 6.06. The molecule has 4 nitrogen and oxygen atoms in total. The highest BCUT2D eigenvalue weighted by Gasteiger charge is 2.20. The molecule has 0 aliphatic carbocycles. The maximum atomic E-state index is 3.40. The van der Waals surface area contributed by atoms with E-state index in [0.29, 0.717) is 0 Å². The first-order valence-electron chi connectivity index (χ1n) is 11.4. The van der Waals surface area contributed by atoms with Crippen molar-refractivity contribution >= 4 is 45.2 Å². The van der Waals surface area contributed by atoms with E-state index in [1.54, 1.807) is 0 Å². The second-order valence-electron chi connectivity index (χ2n) is 8.10. The third-order valence-corrected chi connectivity index (χ3v) is 6.03. The minimum absolute atomic E-state index is 1.02. The van der Waals surface area contributed by atoms with E-state index >= 15 is 0 Å². The molecule has 6 rings (SSSR count). The lowest BCUT2D eigenvalue weighted by Crippen LogP contribution is -2.13. The van der Waals surface area contributed by atoms with E-state index in [9.17, 15) is 0 Å². The van der Waals surface area contributed by atoms with Gasteiger partial charge in [-0.25, -0.2) is 0 Å². The molecule has 0 spiro atoms. The van der Waals surface area contributed by atoms with Gasteiger partial charge in [0.2, 0.25) is 0 Å². The zero-order valence-electron chi connectivity index (χ0n) is 18.6. The summed E-state index contributed by atoms with van der Waals surface area (Å²) >= 11 is 0. The van der Waals surface area contributed by atoms with E-state index in [1.165, 1.54) is 10.8 Å². The Morgan fingerprint density at radius 3 is 1.18 bits per heavy atom. The van der Waals surface area contributed by atoms with E-state index < -0.39 is 0 Å². The van der Waals surface area contributed by atoms with Gasteiger partial charge in [0.1, 0.15) is 11.6 Å². The Balaban J connectivity index is 1.59. The van der Waals surface area contributed by atoms with E-state index in [4.69, 9.17) is 0 Å². The minimum Gasteiger partial charge on any atom is -0.348 e. The Hall–Kier alpha value is -4.70. The molecule has 0 fully saturated rings. The van der Waals surface area contributed by atoms with Crippen molar-refractivity contribution in [2.24, 2.45) is 0 Å². The van der Waals surface area contributed by atoms with Crippen molar-refractivity contribution in [3.05, 3.63) is 134 Å². The Labute approximate surface area is 198 Å². The van der Waals surface area contributed by atoms with Gasteiger partial charge in [-0.3, -0.25) is 9.80 Å². The molecule has 0 radical (unpaired) electrons. The van der Waals surface area contributed by atoms with Crippen LogP contribution in [-0.2, 0) is 0 Å². The van der Waals surface area contributed by atoms with Crippen LogP contribution in [0.3, 0.4) is 0 Å². The molecule has 0 unspecified atom stereocenters. The molecular formula is C30H24N4. The van der Waals surface area contributed by atoms with Crippen LogP contribution in [0.4, 0.5) is 34.4 Å². The number of rotatable bonds is 6. The number of nitrogens with one attached hydrogen (secondary N) is 2. The Morgan fingerprint density at radius 2 is 0.794 bits per heavy atom. The van der Waals surface area contributed by atoms with Crippen molar-refractivity contribution in [2.75, 3.05) is 9.80 Å². The molecule has 0 saturated heterocycles. The van der Waals surface area contributed by atoms with Crippen LogP contribution < -0.4 is 9.80 Å². The third-order valence-electron chi connectivity index (χ3n) is 6.03. The molecule has 0 atom stereocenters. The summed E-state index contributed by atoms with van der Waals surface area (Å²) in [6.07, 6.45) is 3.93. The van der Waals surface area contributed by atoms with Gasteiger partial charge in [0.25, 0.3) is 0 Å². The summed E-state index contributed by atoms with van der Waals surface area (Å²) in [6, 6.07) is 42.2. The highest BCUT2D eigenvalue weighted by atomic mass is 15.2. The molecule has 6 aromatic rings. The summed E-state index contributed by atoms with van der Waals surface area (Å²) in [4.78, 5) is 11.3. The van der Waals surface area contributed by atoms with Crippen LogP contribution >= 0.6 is 0 Å². The van der Waals surface area contributed by atoms with Crippen LogP contribution in [0.5, 0.6) is 0 Å². The normalized spacial score (nSPS) is 10.9. The first kappa shape index (κ1) is 19.9. The standard InChI is InChI=1S/C30H24N4/c1-3-11-23(12-4-1)33(29-17-9-21-31-29)27-19-20-28(26-16-8-7-15-25(26)27)34(30-18-10-22-32-30)24-13-5-2-6-14-24/h1-22,31-32H. The first-order chi connectivity index (χ1) is 16.9. The number of aromatic amines is 2. The lowest BCUT2D eigenvalue weighted by Gasteiger charge is -2.29. The van der Waals surface area contributed by atoms with E-state index in [2.05, 4.69) is 117 Å². The molecule has 0 aliphatic rings. The molecular weight excluding hydrogens is 416 g/mol. The Kier molecular flexibility index (Phi) is 5.09. The van der Waals surface area contributed by atoms with Gasteiger partial charge in [0, 0.05) is 34.5 Å². The average molecular weight is 441 g/mol. The number of fused-ring (bicyclic) bond motifs is 1. The zero-order chi connectivity index (χ0) is 22.7. The molecule has 0 aliphatic heterocycles. The molecule has 0 bridgehead atoms. The number of para-hydroxylation sites is 2. The maximum Gasteiger partial charge on any atom is 0.115 e. The van der Waals surface area contributed by atoms with Crippen molar-refractivity contribution in [3.63, 3.8) is 0 Å². The second-order valence-corrected chi connectivity index (χ2v) is 8.10.